The number of hydrogen-bond acceptors (Lipinski definition) is 3. The summed E-state index contributed by atoms with van der Waals surface area (Å²) in [6.45, 7) is 4.29. The van der Waals surface area contributed by atoms with Crippen molar-refractivity contribution >= 4 is 0 Å². The molecular formula is C18H21NO2. The Morgan fingerprint density at radius 2 is 1.57 bits per heavy atom. The van der Waals surface area contributed by atoms with Crippen molar-refractivity contribution in [2.24, 2.45) is 5.92 Å². The van der Waals surface area contributed by atoms with Gasteiger partial charge < -0.3 is 14.8 Å². The largest absolute Gasteiger partial charge is 0.490 e. The lowest BCUT2D eigenvalue weighted by Crippen LogP contribution is -2.41. The SMILES string of the molecule is CC1CNCCC1Oc1ccc(Oc2ccccc2)cc1. The Hall–Kier alpha value is -2.00. The van der Waals surface area contributed by atoms with Gasteiger partial charge in [0.1, 0.15) is 23.4 Å². The van der Waals surface area contributed by atoms with Gasteiger partial charge in [0.15, 0.2) is 0 Å². The molecular weight excluding hydrogens is 262 g/mol. The minimum absolute atomic E-state index is 0.298. The lowest BCUT2D eigenvalue weighted by Gasteiger charge is -2.30. The summed E-state index contributed by atoms with van der Waals surface area (Å²) in [7, 11) is 0. The van der Waals surface area contributed by atoms with Crippen molar-refractivity contribution < 1.29 is 9.47 Å². The highest BCUT2D eigenvalue weighted by molar-refractivity contribution is 5.35. The van der Waals surface area contributed by atoms with Gasteiger partial charge in [0.25, 0.3) is 0 Å². The predicted molar refractivity (Wildman–Crippen MR) is 84.0 cm³/mol. The van der Waals surface area contributed by atoms with Crippen molar-refractivity contribution in [3.8, 4) is 17.2 Å². The van der Waals surface area contributed by atoms with Crippen molar-refractivity contribution in [1.29, 1.82) is 0 Å². The zero-order valence-corrected chi connectivity index (χ0v) is 12.3. The molecule has 0 saturated carbocycles. The van der Waals surface area contributed by atoms with E-state index in [1.54, 1.807) is 0 Å². The van der Waals surface area contributed by atoms with Crippen LogP contribution in [0.3, 0.4) is 0 Å². The van der Waals surface area contributed by atoms with Crippen LogP contribution >= 0.6 is 0 Å². The van der Waals surface area contributed by atoms with Crippen LogP contribution in [0.1, 0.15) is 13.3 Å². The normalized spacial score (nSPS) is 21.8. The number of rotatable bonds is 4. The van der Waals surface area contributed by atoms with Crippen LogP contribution in [-0.2, 0) is 0 Å². The molecule has 0 radical (unpaired) electrons. The molecule has 2 unspecified atom stereocenters. The number of para-hydroxylation sites is 1. The summed E-state index contributed by atoms with van der Waals surface area (Å²) in [5.74, 6) is 3.12. The Morgan fingerprint density at radius 3 is 2.29 bits per heavy atom. The van der Waals surface area contributed by atoms with Gasteiger partial charge in [-0.15, -0.1) is 0 Å². The van der Waals surface area contributed by atoms with Crippen LogP contribution in [0.4, 0.5) is 0 Å². The Labute approximate surface area is 125 Å². The molecule has 0 amide bonds. The number of piperidine rings is 1. The molecule has 0 aliphatic carbocycles. The van der Waals surface area contributed by atoms with Gasteiger partial charge in [-0.25, -0.2) is 0 Å². The number of benzene rings is 2. The maximum absolute atomic E-state index is 6.08. The Balaban J connectivity index is 1.61. The molecule has 2 aromatic carbocycles. The molecule has 1 heterocycles. The van der Waals surface area contributed by atoms with Gasteiger partial charge >= 0.3 is 0 Å². The third-order valence-electron chi connectivity index (χ3n) is 3.80. The quantitative estimate of drug-likeness (QED) is 0.924. The maximum Gasteiger partial charge on any atom is 0.127 e. The van der Waals surface area contributed by atoms with Gasteiger partial charge in [-0.2, -0.15) is 0 Å². The summed E-state index contributed by atoms with van der Waals surface area (Å²) >= 11 is 0. The molecule has 1 N–H and O–H groups in total. The van der Waals surface area contributed by atoms with E-state index in [4.69, 9.17) is 9.47 Å². The van der Waals surface area contributed by atoms with Crippen molar-refractivity contribution in [3.63, 3.8) is 0 Å². The van der Waals surface area contributed by atoms with E-state index in [9.17, 15) is 0 Å². The minimum atomic E-state index is 0.298. The van der Waals surface area contributed by atoms with Crippen LogP contribution in [0.25, 0.3) is 0 Å². The fourth-order valence-electron chi connectivity index (χ4n) is 2.55. The first-order valence-corrected chi connectivity index (χ1v) is 7.51. The molecule has 0 spiro atoms. The Kier molecular flexibility index (Phi) is 4.41. The molecule has 3 rings (SSSR count). The van der Waals surface area contributed by atoms with Crippen LogP contribution in [0.15, 0.2) is 54.6 Å². The van der Waals surface area contributed by atoms with E-state index < -0.39 is 0 Å². The lowest BCUT2D eigenvalue weighted by molar-refractivity contribution is 0.112. The van der Waals surface area contributed by atoms with E-state index in [-0.39, 0.29) is 0 Å². The second-order valence-corrected chi connectivity index (χ2v) is 5.51. The molecule has 1 aliphatic heterocycles. The number of ether oxygens (including phenoxy) is 2. The zero-order chi connectivity index (χ0) is 14.5. The molecule has 1 aliphatic rings. The Bertz CT molecular complexity index is 553. The van der Waals surface area contributed by atoms with Gasteiger partial charge in [-0.3, -0.25) is 0 Å². The molecule has 21 heavy (non-hydrogen) atoms. The fraction of sp³-hybridized carbons (Fsp3) is 0.333. The Morgan fingerprint density at radius 1 is 0.905 bits per heavy atom. The summed E-state index contributed by atoms with van der Waals surface area (Å²) in [6, 6.07) is 17.7. The summed E-state index contributed by atoms with van der Waals surface area (Å²) in [5.41, 5.74) is 0. The van der Waals surface area contributed by atoms with Gasteiger partial charge in [0, 0.05) is 12.5 Å². The minimum Gasteiger partial charge on any atom is -0.490 e. The highest BCUT2D eigenvalue weighted by Gasteiger charge is 2.22. The molecule has 3 heteroatoms. The van der Waals surface area contributed by atoms with E-state index >= 15 is 0 Å². The first-order chi connectivity index (χ1) is 10.3. The van der Waals surface area contributed by atoms with Gasteiger partial charge in [0.2, 0.25) is 0 Å². The van der Waals surface area contributed by atoms with Gasteiger partial charge in [-0.1, -0.05) is 25.1 Å². The highest BCUT2D eigenvalue weighted by atomic mass is 16.5. The summed E-state index contributed by atoms with van der Waals surface area (Å²) in [6.07, 6.45) is 1.36. The molecule has 110 valence electrons. The molecule has 3 nitrogen and oxygen atoms in total. The van der Waals surface area contributed by atoms with Crippen LogP contribution in [0, 0.1) is 5.92 Å². The molecule has 2 aromatic rings. The van der Waals surface area contributed by atoms with Gasteiger partial charge in [0.05, 0.1) is 0 Å². The topological polar surface area (TPSA) is 30.5 Å². The number of nitrogens with one attached hydrogen (secondary N) is 1. The van der Waals surface area contributed by atoms with Crippen LogP contribution in [0.2, 0.25) is 0 Å². The number of hydrogen-bond donors (Lipinski definition) is 1. The highest BCUT2D eigenvalue weighted by Crippen LogP contribution is 2.25. The smallest absolute Gasteiger partial charge is 0.127 e. The van der Waals surface area contributed by atoms with Crippen LogP contribution < -0.4 is 14.8 Å². The molecule has 0 bridgehead atoms. The van der Waals surface area contributed by atoms with Crippen molar-refractivity contribution in [2.45, 2.75) is 19.4 Å². The molecule has 0 aromatic heterocycles. The summed E-state index contributed by atoms with van der Waals surface area (Å²) in [4.78, 5) is 0. The summed E-state index contributed by atoms with van der Waals surface area (Å²) in [5, 5.41) is 3.39. The summed E-state index contributed by atoms with van der Waals surface area (Å²) < 4.78 is 11.9. The van der Waals surface area contributed by atoms with Crippen LogP contribution in [0.5, 0.6) is 17.2 Å². The lowest BCUT2D eigenvalue weighted by atomic mass is 9.98. The monoisotopic (exact) mass is 283 g/mol. The van der Waals surface area contributed by atoms with E-state index in [1.165, 1.54) is 0 Å². The average Bonchev–Trinajstić information content (AvgIpc) is 2.52. The molecule has 1 saturated heterocycles. The second-order valence-electron chi connectivity index (χ2n) is 5.51. The van der Waals surface area contributed by atoms with E-state index in [1.807, 2.05) is 54.6 Å². The van der Waals surface area contributed by atoms with Crippen LogP contribution in [-0.4, -0.2) is 19.2 Å². The van der Waals surface area contributed by atoms with Gasteiger partial charge in [-0.05, 0) is 49.4 Å². The third kappa shape index (κ3) is 3.76. The zero-order valence-electron chi connectivity index (χ0n) is 12.3. The van der Waals surface area contributed by atoms with Crippen molar-refractivity contribution in [2.75, 3.05) is 13.1 Å². The first-order valence-electron chi connectivity index (χ1n) is 7.51. The maximum atomic E-state index is 6.08. The third-order valence-corrected chi connectivity index (χ3v) is 3.80. The van der Waals surface area contributed by atoms with Crippen molar-refractivity contribution in [3.05, 3.63) is 54.6 Å². The average molecular weight is 283 g/mol. The molecule has 2 atom stereocenters. The fourth-order valence-corrected chi connectivity index (χ4v) is 2.55. The van der Waals surface area contributed by atoms with E-state index in [0.29, 0.717) is 12.0 Å². The van der Waals surface area contributed by atoms with Crippen molar-refractivity contribution in [1.82, 2.24) is 5.32 Å². The molecule has 1 fully saturated rings. The predicted octanol–water partition coefficient (Wildman–Crippen LogP) is 3.86. The standard InChI is InChI=1S/C18H21NO2/c1-14-13-19-12-11-18(14)21-17-9-7-16(8-10-17)20-15-5-3-2-4-6-15/h2-10,14,18-19H,11-13H2,1H3. The van der Waals surface area contributed by atoms with E-state index in [2.05, 4.69) is 12.2 Å². The first kappa shape index (κ1) is 14.0. The van der Waals surface area contributed by atoms with E-state index in [0.717, 1.165) is 36.8 Å². The second kappa shape index (κ2) is 6.64.